The summed E-state index contributed by atoms with van der Waals surface area (Å²) in [6.07, 6.45) is 6.64. The monoisotopic (exact) mass is 346 g/mol. The molecule has 2 unspecified atom stereocenters. The molecule has 2 nitrogen and oxygen atoms in total. The van der Waals surface area contributed by atoms with Gasteiger partial charge in [-0.05, 0) is 47.7 Å². The molecule has 19 heavy (non-hydrogen) atoms. The Labute approximate surface area is 128 Å². The number of hydrogen-bond donors (Lipinski definition) is 1. The van der Waals surface area contributed by atoms with Crippen LogP contribution in [0.2, 0.25) is 0 Å². The molecule has 1 aromatic heterocycles. The van der Waals surface area contributed by atoms with Crippen molar-refractivity contribution in [2.75, 3.05) is 6.61 Å². The van der Waals surface area contributed by atoms with Crippen LogP contribution in [0.4, 0.5) is 0 Å². The van der Waals surface area contributed by atoms with Crippen LogP contribution in [-0.4, -0.2) is 23.9 Å². The lowest BCUT2D eigenvalue weighted by molar-refractivity contribution is -0.0713. The van der Waals surface area contributed by atoms with Gasteiger partial charge in [0.15, 0.2) is 0 Å². The van der Waals surface area contributed by atoms with Gasteiger partial charge in [0.25, 0.3) is 0 Å². The Balaban J connectivity index is 1.96. The number of hydrogen-bond acceptors (Lipinski definition) is 3. The van der Waals surface area contributed by atoms with Gasteiger partial charge in [-0.25, -0.2) is 0 Å². The molecule has 1 saturated carbocycles. The van der Waals surface area contributed by atoms with Gasteiger partial charge < -0.3 is 9.84 Å². The number of aliphatic hydroxyl groups is 1. The molecule has 108 valence electrons. The van der Waals surface area contributed by atoms with Gasteiger partial charge in [-0.1, -0.05) is 19.3 Å². The SMILES string of the molecule is CCOC(C(O)Cc1cc(Br)cs1)C1CCCCC1. The second-order valence-corrected chi connectivity index (χ2v) is 7.23. The molecule has 1 N–H and O–H groups in total. The van der Waals surface area contributed by atoms with E-state index in [1.807, 2.05) is 6.92 Å². The summed E-state index contributed by atoms with van der Waals surface area (Å²) < 4.78 is 6.97. The fourth-order valence-corrected chi connectivity index (χ4v) is 4.50. The molecule has 0 aliphatic heterocycles. The number of aliphatic hydroxyl groups excluding tert-OH is 1. The van der Waals surface area contributed by atoms with Crippen LogP contribution in [0.1, 0.15) is 43.9 Å². The van der Waals surface area contributed by atoms with Crippen LogP contribution in [0, 0.1) is 5.92 Å². The minimum atomic E-state index is -0.381. The van der Waals surface area contributed by atoms with Crippen LogP contribution in [0.25, 0.3) is 0 Å². The molecule has 0 saturated heterocycles. The predicted molar refractivity (Wildman–Crippen MR) is 83.7 cm³/mol. The van der Waals surface area contributed by atoms with E-state index >= 15 is 0 Å². The third kappa shape index (κ3) is 4.55. The van der Waals surface area contributed by atoms with Gasteiger partial charge in [-0.15, -0.1) is 11.3 Å². The van der Waals surface area contributed by atoms with Crippen molar-refractivity contribution in [3.8, 4) is 0 Å². The first kappa shape index (κ1) is 15.5. The molecule has 0 spiro atoms. The molecule has 0 radical (unpaired) electrons. The smallest absolute Gasteiger partial charge is 0.0865 e. The molecular formula is C15H23BrO2S. The Morgan fingerprint density at radius 1 is 1.42 bits per heavy atom. The first-order chi connectivity index (χ1) is 9.20. The highest BCUT2D eigenvalue weighted by Gasteiger charge is 2.30. The van der Waals surface area contributed by atoms with E-state index < -0.39 is 0 Å². The minimum Gasteiger partial charge on any atom is -0.390 e. The highest BCUT2D eigenvalue weighted by atomic mass is 79.9. The summed E-state index contributed by atoms with van der Waals surface area (Å²) in [5, 5.41) is 12.6. The van der Waals surface area contributed by atoms with E-state index in [1.165, 1.54) is 37.0 Å². The maximum absolute atomic E-state index is 10.5. The average molecular weight is 347 g/mol. The van der Waals surface area contributed by atoms with Crippen LogP contribution >= 0.6 is 27.3 Å². The number of halogens is 1. The molecule has 1 aliphatic rings. The summed E-state index contributed by atoms with van der Waals surface area (Å²) in [6.45, 7) is 2.70. The highest BCUT2D eigenvalue weighted by molar-refractivity contribution is 9.10. The second-order valence-electron chi connectivity index (χ2n) is 5.32. The molecule has 4 heteroatoms. The zero-order chi connectivity index (χ0) is 13.7. The second kappa shape index (κ2) is 7.77. The van der Waals surface area contributed by atoms with E-state index in [0.717, 1.165) is 4.47 Å². The summed E-state index contributed by atoms with van der Waals surface area (Å²) in [5.41, 5.74) is 0. The molecule has 0 amide bonds. The summed E-state index contributed by atoms with van der Waals surface area (Å²) in [5.74, 6) is 0.534. The molecule has 1 aliphatic carbocycles. The maximum atomic E-state index is 10.5. The normalized spacial score (nSPS) is 20.4. The standard InChI is InChI=1S/C15H23BrO2S/c1-2-18-15(11-6-4-3-5-7-11)14(17)9-13-8-12(16)10-19-13/h8,10-11,14-15,17H,2-7,9H2,1H3. The van der Waals surface area contributed by atoms with Crippen LogP contribution in [-0.2, 0) is 11.2 Å². The van der Waals surface area contributed by atoms with Gasteiger partial charge in [0, 0.05) is 27.8 Å². The summed E-state index contributed by atoms with van der Waals surface area (Å²) in [7, 11) is 0. The Kier molecular flexibility index (Phi) is 6.33. The zero-order valence-corrected chi connectivity index (χ0v) is 13.9. The van der Waals surface area contributed by atoms with E-state index in [2.05, 4.69) is 27.4 Å². The first-order valence-electron chi connectivity index (χ1n) is 7.23. The van der Waals surface area contributed by atoms with E-state index in [0.29, 0.717) is 18.9 Å². The van der Waals surface area contributed by atoms with Crippen LogP contribution < -0.4 is 0 Å². The van der Waals surface area contributed by atoms with Gasteiger partial charge >= 0.3 is 0 Å². The molecule has 1 heterocycles. The van der Waals surface area contributed by atoms with Crippen molar-refractivity contribution in [3.05, 3.63) is 20.8 Å². The number of rotatable bonds is 6. The summed E-state index contributed by atoms with van der Waals surface area (Å²) >= 11 is 5.16. The van der Waals surface area contributed by atoms with Crippen molar-refractivity contribution in [3.63, 3.8) is 0 Å². The van der Waals surface area contributed by atoms with Crippen molar-refractivity contribution in [2.45, 2.75) is 57.7 Å². The maximum Gasteiger partial charge on any atom is 0.0865 e. The molecule has 2 rings (SSSR count). The van der Waals surface area contributed by atoms with Gasteiger partial charge in [-0.3, -0.25) is 0 Å². The van der Waals surface area contributed by atoms with E-state index in [9.17, 15) is 5.11 Å². The topological polar surface area (TPSA) is 29.5 Å². The van der Waals surface area contributed by atoms with E-state index in [-0.39, 0.29) is 12.2 Å². The van der Waals surface area contributed by atoms with Gasteiger partial charge in [0.1, 0.15) is 0 Å². The first-order valence-corrected chi connectivity index (χ1v) is 8.90. The molecule has 1 aromatic rings. The fourth-order valence-electron chi connectivity index (χ4n) is 3.00. The fraction of sp³-hybridized carbons (Fsp3) is 0.733. The van der Waals surface area contributed by atoms with E-state index in [4.69, 9.17) is 4.74 Å². The van der Waals surface area contributed by atoms with Gasteiger partial charge in [-0.2, -0.15) is 0 Å². The molecular weight excluding hydrogens is 324 g/mol. The van der Waals surface area contributed by atoms with Crippen LogP contribution in [0.5, 0.6) is 0 Å². The van der Waals surface area contributed by atoms with Crippen molar-refractivity contribution in [1.82, 2.24) is 0 Å². The van der Waals surface area contributed by atoms with Gasteiger partial charge in [0.05, 0.1) is 12.2 Å². The Morgan fingerprint density at radius 3 is 2.74 bits per heavy atom. The highest BCUT2D eigenvalue weighted by Crippen LogP contribution is 2.31. The van der Waals surface area contributed by atoms with Crippen molar-refractivity contribution < 1.29 is 9.84 Å². The lowest BCUT2D eigenvalue weighted by Gasteiger charge is -2.33. The van der Waals surface area contributed by atoms with Crippen LogP contribution in [0.3, 0.4) is 0 Å². The quantitative estimate of drug-likeness (QED) is 0.827. The Hall–Kier alpha value is 0.1000. The molecule has 0 aromatic carbocycles. The lowest BCUT2D eigenvalue weighted by Crippen LogP contribution is -2.38. The Bertz CT molecular complexity index is 374. The third-order valence-corrected chi connectivity index (χ3v) is 5.60. The Morgan fingerprint density at radius 2 is 2.16 bits per heavy atom. The largest absolute Gasteiger partial charge is 0.390 e. The molecule has 1 fully saturated rings. The summed E-state index contributed by atoms with van der Waals surface area (Å²) in [6, 6.07) is 2.10. The summed E-state index contributed by atoms with van der Waals surface area (Å²) in [4.78, 5) is 1.22. The van der Waals surface area contributed by atoms with Crippen molar-refractivity contribution in [1.29, 1.82) is 0 Å². The van der Waals surface area contributed by atoms with Gasteiger partial charge in [0.2, 0.25) is 0 Å². The third-order valence-electron chi connectivity index (χ3n) is 3.88. The molecule has 2 atom stereocenters. The molecule has 0 bridgehead atoms. The van der Waals surface area contributed by atoms with Crippen molar-refractivity contribution >= 4 is 27.3 Å². The average Bonchev–Trinajstić information content (AvgIpc) is 2.82. The van der Waals surface area contributed by atoms with E-state index in [1.54, 1.807) is 11.3 Å². The number of ether oxygens (including phenoxy) is 1. The predicted octanol–water partition coefficient (Wildman–Crippen LogP) is 4.40. The number of thiophene rings is 1. The van der Waals surface area contributed by atoms with Crippen LogP contribution in [0.15, 0.2) is 15.9 Å². The minimum absolute atomic E-state index is 0.00572. The van der Waals surface area contributed by atoms with Crippen molar-refractivity contribution in [2.24, 2.45) is 5.92 Å². The zero-order valence-electron chi connectivity index (χ0n) is 11.5. The lowest BCUT2D eigenvalue weighted by atomic mass is 9.82.